The van der Waals surface area contributed by atoms with Crippen molar-refractivity contribution in [3.63, 3.8) is 0 Å². The predicted octanol–water partition coefficient (Wildman–Crippen LogP) is 6.00. The first-order valence-electron chi connectivity index (χ1n) is 8.83. The summed E-state index contributed by atoms with van der Waals surface area (Å²) in [5.41, 5.74) is 5.67. The third-order valence-corrected chi connectivity index (χ3v) is 5.14. The molecule has 2 N–H and O–H groups in total. The third-order valence-electron chi connectivity index (χ3n) is 4.38. The average Bonchev–Trinajstić information content (AvgIpc) is 3.30. The number of nitrogens with zero attached hydrogens (tertiary/aromatic N) is 1. The van der Waals surface area contributed by atoms with E-state index in [9.17, 15) is 0 Å². The zero-order valence-corrected chi connectivity index (χ0v) is 15.7. The van der Waals surface area contributed by atoms with Crippen molar-refractivity contribution in [2.24, 2.45) is 0 Å². The maximum Gasteiger partial charge on any atom is 0.187 e. The fourth-order valence-electron chi connectivity index (χ4n) is 3.10. The lowest BCUT2D eigenvalue weighted by Gasteiger charge is -2.05. The smallest absolute Gasteiger partial charge is 0.187 e. The second-order valence-corrected chi connectivity index (χ2v) is 6.87. The fraction of sp³-hybridized carbons (Fsp3) is 0.190. The first-order chi connectivity index (χ1) is 12.8. The van der Waals surface area contributed by atoms with E-state index in [4.69, 9.17) is 9.72 Å². The molecular weight excluding hydrogens is 342 g/mol. The highest BCUT2D eigenvalue weighted by atomic mass is 32.1. The van der Waals surface area contributed by atoms with E-state index in [1.807, 2.05) is 31.2 Å². The molecule has 0 bridgehead atoms. The maximum absolute atomic E-state index is 5.48. The van der Waals surface area contributed by atoms with Crippen LogP contribution in [0.3, 0.4) is 0 Å². The van der Waals surface area contributed by atoms with E-state index in [2.05, 4.69) is 47.0 Å². The molecule has 0 atom stereocenters. The highest BCUT2D eigenvalue weighted by Crippen LogP contribution is 2.33. The van der Waals surface area contributed by atoms with Gasteiger partial charge in [0, 0.05) is 33.7 Å². The van der Waals surface area contributed by atoms with Gasteiger partial charge < -0.3 is 15.0 Å². The van der Waals surface area contributed by atoms with Crippen LogP contribution in [0.1, 0.15) is 19.4 Å². The van der Waals surface area contributed by atoms with E-state index >= 15 is 0 Å². The first-order valence-corrected chi connectivity index (χ1v) is 9.71. The minimum atomic E-state index is 0.674. The van der Waals surface area contributed by atoms with Crippen LogP contribution in [0.2, 0.25) is 0 Å². The average molecular weight is 363 g/mol. The third kappa shape index (κ3) is 3.18. The Bertz CT molecular complexity index is 1020. The van der Waals surface area contributed by atoms with Gasteiger partial charge in [-0.25, -0.2) is 4.98 Å². The van der Waals surface area contributed by atoms with Gasteiger partial charge in [-0.2, -0.15) is 0 Å². The number of thiazole rings is 1. The highest BCUT2D eigenvalue weighted by Gasteiger charge is 2.11. The summed E-state index contributed by atoms with van der Waals surface area (Å²) in [6, 6.07) is 14.4. The molecule has 2 heterocycles. The highest BCUT2D eigenvalue weighted by molar-refractivity contribution is 7.14. The van der Waals surface area contributed by atoms with Crippen LogP contribution in [0, 0.1) is 0 Å². The molecule has 0 fully saturated rings. The predicted molar refractivity (Wildman–Crippen MR) is 110 cm³/mol. The number of rotatable bonds is 6. The van der Waals surface area contributed by atoms with Gasteiger partial charge in [0.2, 0.25) is 0 Å². The number of benzene rings is 2. The molecule has 5 heteroatoms. The number of aromatic nitrogens is 2. The number of nitrogens with one attached hydrogen (secondary N) is 2. The van der Waals surface area contributed by atoms with Gasteiger partial charge in [-0.05, 0) is 43.2 Å². The molecule has 4 rings (SSSR count). The molecule has 0 aliphatic carbocycles. The van der Waals surface area contributed by atoms with Crippen LogP contribution in [0.4, 0.5) is 10.8 Å². The Kier molecular flexibility index (Phi) is 4.63. The number of aryl methyl sites for hydroxylation is 1. The number of para-hydroxylation sites is 1. The standard InChI is InChI=1S/C21H21N3OS/c1-3-14-6-5-7-17-18(12-22-20(14)17)19-13-26-21(24-19)23-15-8-10-16(11-9-15)25-4-2/h5-13,22H,3-4H2,1-2H3,(H,23,24). The molecule has 2 aromatic carbocycles. The van der Waals surface area contributed by atoms with Gasteiger partial charge in [0.15, 0.2) is 5.13 Å². The summed E-state index contributed by atoms with van der Waals surface area (Å²) < 4.78 is 5.48. The lowest BCUT2D eigenvalue weighted by Crippen LogP contribution is -1.92. The van der Waals surface area contributed by atoms with E-state index < -0.39 is 0 Å². The number of aromatic amines is 1. The number of fused-ring (bicyclic) bond motifs is 1. The summed E-state index contributed by atoms with van der Waals surface area (Å²) in [5, 5.41) is 7.57. The number of ether oxygens (including phenoxy) is 1. The van der Waals surface area contributed by atoms with Crippen LogP contribution >= 0.6 is 11.3 Å². The minimum Gasteiger partial charge on any atom is -0.494 e. The van der Waals surface area contributed by atoms with Gasteiger partial charge in [-0.1, -0.05) is 25.1 Å². The number of H-pyrrole nitrogens is 1. The summed E-state index contributed by atoms with van der Waals surface area (Å²) in [6.45, 7) is 4.83. The van der Waals surface area contributed by atoms with Crippen LogP contribution in [0.25, 0.3) is 22.2 Å². The molecule has 0 radical (unpaired) electrons. The Morgan fingerprint density at radius 2 is 1.96 bits per heavy atom. The van der Waals surface area contributed by atoms with Gasteiger partial charge in [0.1, 0.15) is 5.75 Å². The quantitative estimate of drug-likeness (QED) is 0.442. The Labute approximate surface area is 156 Å². The van der Waals surface area contributed by atoms with Gasteiger partial charge >= 0.3 is 0 Å². The molecule has 26 heavy (non-hydrogen) atoms. The van der Waals surface area contributed by atoms with E-state index in [0.29, 0.717) is 6.61 Å². The van der Waals surface area contributed by atoms with Gasteiger partial charge in [0.25, 0.3) is 0 Å². The lowest BCUT2D eigenvalue weighted by atomic mass is 10.1. The van der Waals surface area contributed by atoms with Gasteiger partial charge in [0.05, 0.1) is 12.3 Å². The van der Waals surface area contributed by atoms with E-state index in [1.54, 1.807) is 11.3 Å². The number of anilines is 2. The molecule has 4 aromatic rings. The van der Waals surface area contributed by atoms with Crippen molar-refractivity contribution >= 4 is 33.1 Å². The molecule has 132 valence electrons. The zero-order chi connectivity index (χ0) is 17.9. The van der Waals surface area contributed by atoms with Gasteiger partial charge in [-0.3, -0.25) is 0 Å². The second-order valence-electron chi connectivity index (χ2n) is 6.02. The SMILES string of the molecule is CCOc1ccc(Nc2nc(-c3c[nH]c4c(CC)cccc34)cs2)cc1. The monoisotopic (exact) mass is 363 g/mol. The number of hydrogen-bond acceptors (Lipinski definition) is 4. The largest absolute Gasteiger partial charge is 0.494 e. The Balaban J connectivity index is 1.58. The second kappa shape index (κ2) is 7.22. The maximum atomic E-state index is 5.48. The van der Waals surface area contributed by atoms with Gasteiger partial charge in [-0.15, -0.1) is 11.3 Å². The summed E-state index contributed by atoms with van der Waals surface area (Å²) in [7, 11) is 0. The molecular formula is C21H21N3OS. The Morgan fingerprint density at radius 3 is 2.73 bits per heavy atom. The van der Waals surface area contributed by atoms with E-state index in [0.717, 1.165) is 34.2 Å². The molecule has 0 spiro atoms. The number of hydrogen-bond donors (Lipinski definition) is 2. The molecule has 0 saturated carbocycles. The summed E-state index contributed by atoms with van der Waals surface area (Å²) in [4.78, 5) is 8.18. The molecule has 0 saturated heterocycles. The molecule has 0 aliphatic heterocycles. The van der Waals surface area contributed by atoms with Crippen molar-refractivity contribution < 1.29 is 4.74 Å². The van der Waals surface area contributed by atoms with Crippen LogP contribution in [-0.2, 0) is 6.42 Å². The van der Waals surface area contributed by atoms with Crippen molar-refractivity contribution in [1.82, 2.24) is 9.97 Å². The van der Waals surface area contributed by atoms with E-state index in [1.165, 1.54) is 16.5 Å². The van der Waals surface area contributed by atoms with Crippen LogP contribution in [0.15, 0.2) is 54.0 Å². The van der Waals surface area contributed by atoms with Crippen LogP contribution in [0.5, 0.6) is 5.75 Å². The Morgan fingerprint density at radius 1 is 1.12 bits per heavy atom. The van der Waals surface area contributed by atoms with Crippen LogP contribution < -0.4 is 10.1 Å². The lowest BCUT2D eigenvalue weighted by molar-refractivity contribution is 0.340. The zero-order valence-electron chi connectivity index (χ0n) is 14.9. The molecule has 0 amide bonds. The minimum absolute atomic E-state index is 0.674. The summed E-state index contributed by atoms with van der Waals surface area (Å²) >= 11 is 1.61. The van der Waals surface area contributed by atoms with Crippen molar-refractivity contribution in [1.29, 1.82) is 0 Å². The van der Waals surface area contributed by atoms with E-state index in [-0.39, 0.29) is 0 Å². The van der Waals surface area contributed by atoms with Crippen molar-refractivity contribution in [2.75, 3.05) is 11.9 Å². The Hall–Kier alpha value is -2.79. The molecule has 0 aliphatic rings. The van der Waals surface area contributed by atoms with Crippen molar-refractivity contribution in [3.8, 4) is 17.0 Å². The topological polar surface area (TPSA) is 49.9 Å². The summed E-state index contributed by atoms with van der Waals surface area (Å²) in [6.07, 6.45) is 3.07. The van der Waals surface area contributed by atoms with Crippen molar-refractivity contribution in [2.45, 2.75) is 20.3 Å². The molecule has 2 aromatic heterocycles. The van der Waals surface area contributed by atoms with Crippen molar-refractivity contribution in [3.05, 3.63) is 59.6 Å². The normalized spacial score (nSPS) is 11.0. The first kappa shape index (κ1) is 16.7. The van der Waals surface area contributed by atoms with Crippen LogP contribution in [-0.4, -0.2) is 16.6 Å². The molecule has 4 nitrogen and oxygen atoms in total. The fourth-order valence-corrected chi connectivity index (χ4v) is 3.83. The molecule has 0 unspecified atom stereocenters. The summed E-state index contributed by atoms with van der Waals surface area (Å²) in [5.74, 6) is 0.878.